The van der Waals surface area contributed by atoms with Crippen molar-refractivity contribution in [1.82, 2.24) is 9.88 Å². The maximum atomic E-state index is 11.3. The number of carbonyl (C=O) groups is 1. The van der Waals surface area contributed by atoms with E-state index < -0.39 is 0 Å². The van der Waals surface area contributed by atoms with Crippen molar-refractivity contribution in [3.63, 3.8) is 0 Å². The molecule has 0 aromatic carbocycles. The highest BCUT2D eigenvalue weighted by Gasteiger charge is 2.29. The zero-order valence-corrected chi connectivity index (χ0v) is 7.60. The molecule has 13 heavy (non-hydrogen) atoms. The Balaban J connectivity index is 2.24. The molecule has 2 rings (SSSR count). The van der Waals surface area contributed by atoms with Gasteiger partial charge in [0.2, 0.25) is 5.91 Å². The Kier molecular flexibility index (Phi) is 2.00. The van der Waals surface area contributed by atoms with E-state index in [1.54, 1.807) is 11.1 Å². The summed E-state index contributed by atoms with van der Waals surface area (Å²) in [7, 11) is 1.84. The van der Waals surface area contributed by atoms with Crippen molar-refractivity contribution < 1.29 is 4.79 Å². The van der Waals surface area contributed by atoms with E-state index in [2.05, 4.69) is 4.98 Å². The second kappa shape index (κ2) is 3.17. The summed E-state index contributed by atoms with van der Waals surface area (Å²) in [5, 5.41) is 0. The number of amides is 1. The van der Waals surface area contributed by atoms with Gasteiger partial charge < -0.3 is 4.90 Å². The lowest BCUT2D eigenvalue weighted by atomic mass is 10.1. The first-order chi connectivity index (χ1) is 6.29. The van der Waals surface area contributed by atoms with Gasteiger partial charge in [0.1, 0.15) is 0 Å². The van der Waals surface area contributed by atoms with Crippen LogP contribution in [0.4, 0.5) is 0 Å². The molecule has 0 saturated carbocycles. The van der Waals surface area contributed by atoms with Crippen molar-refractivity contribution in [1.29, 1.82) is 0 Å². The third kappa shape index (κ3) is 1.41. The first-order valence-corrected chi connectivity index (χ1v) is 4.45. The lowest BCUT2D eigenvalue weighted by molar-refractivity contribution is -0.127. The normalized spacial score (nSPS) is 22.4. The molecule has 68 valence electrons. The highest BCUT2D eigenvalue weighted by Crippen LogP contribution is 2.29. The van der Waals surface area contributed by atoms with Gasteiger partial charge in [0.15, 0.2) is 0 Å². The maximum Gasteiger partial charge on any atom is 0.222 e. The van der Waals surface area contributed by atoms with Crippen molar-refractivity contribution >= 4 is 5.91 Å². The smallest absolute Gasteiger partial charge is 0.222 e. The Morgan fingerprint density at radius 3 is 2.92 bits per heavy atom. The first-order valence-electron chi connectivity index (χ1n) is 4.45. The largest absolute Gasteiger partial charge is 0.337 e. The Bertz CT molecular complexity index is 310. The van der Waals surface area contributed by atoms with Gasteiger partial charge in [0.25, 0.3) is 0 Å². The molecule has 2 heterocycles. The van der Waals surface area contributed by atoms with Crippen LogP contribution in [0, 0.1) is 0 Å². The molecule has 3 nitrogen and oxygen atoms in total. The second-order valence-electron chi connectivity index (χ2n) is 3.31. The fourth-order valence-corrected chi connectivity index (χ4v) is 1.72. The summed E-state index contributed by atoms with van der Waals surface area (Å²) in [5.74, 6) is 0.218. The number of hydrogen-bond acceptors (Lipinski definition) is 2. The van der Waals surface area contributed by atoms with Crippen LogP contribution < -0.4 is 0 Å². The average molecular weight is 176 g/mol. The van der Waals surface area contributed by atoms with Crippen LogP contribution in [0.2, 0.25) is 0 Å². The van der Waals surface area contributed by atoms with Crippen LogP contribution in [0.1, 0.15) is 24.6 Å². The minimum absolute atomic E-state index is 0.189. The molecule has 1 amide bonds. The lowest BCUT2D eigenvalue weighted by Gasteiger charge is -2.18. The van der Waals surface area contributed by atoms with E-state index >= 15 is 0 Å². The summed E-state index contributed by atoms with van der Waals surface area (Å²) in [6.07, 6.45) is 3.32. The predicted molar refractivity (Wildman–Crippen MR) is 49.0 cm³/mol. The third-order valence-corrected chi connectivity index (χ3v) is 2.52. The van der Waals surface area contributed by atoms with Gasteiger partial charge in [0.05, 0.1) is 11.7 Å². The van der Waals surface area contributed by atoms with Gasteiger partial charge in [-0.05, 0) is 18.6 Å². The minimum Gasteiger partial charge on any atom is -0.337 e. The predicted octanol–water partition coefficient (Wildman–Crippen LogP) is 1.37. The molecule has 0 spiro atoms. The summed E-state index contributed by atoms with van der Waals surface area (Å²) in [5.41, 5.74) is 0.996. The molecule has 1 aromatic rings. The van der Waals surface area contributed by atoms with E-state index in [-0.39, 0.29) is 11.9 Å². The van der Waals surface area contributed by atoms with Gasteiger partial charge >= 0.3 is 0 Å². The SMILES string of the molecule is CN1C(=O)CC[C@H]1c1ccccn1. The van der Waals surface area contributed by atoms with E-state index in [9.17, 15) is 4.79 Å². The Labute approximate surface area is 77.4 Å². The van der Waals surface area contributed by atoms with Gasteiger partial charge in [-0.25, -0.2) is 0 Å². The van der Waals surface area contributed by atoms with Crippen molar-refractivity contribution in [2.45, 2.75) is 18.9 Å². The zero-order chi connectivity index (χ0) is 9.26. The van der Waals surface area contributed by atoms with Gasteiger partial charge in [0, 0.05) is 19.7 Å². The van der Waals surface area contributed by atoms with E-state index in [1.165, 1.54) is 0 Å². The Hall–Kier alpha value is -1.38. The molecule has 0 bridgehead atoms. The van der Waals surface area contributed by atoms with Crippen LogP contribution in [0.15, 0.2) is 24.4 Å². The van der Waals surface area contributed by atoms with Gasteiger partial charge in [-0.15, -0.1) is 0 Å². The Morgan fingerprint density at radius 2 is 2.38 bits per heavy atom. The third-order valence-electron chi connectivity index (χ3n) is 2.52. The molecule has 1 fully saturated rings. The van der Waals surface area contributed by atoms with Crippen LogP contribution in [-0.4, -0.2) is 22.8 Å². The average Bonchev–Trinajstić information content (AvgIpc) is 2.49. The molecule has 0 radical (unpaired) electrons. The van der Waals surface area contributed by atoms with E-state index in [0.717, 1.165) is 12.1 Å². The molecule has 0 aliphatic carbocycles. The van der Waals surface area contributed by atoms with Crippen LogP contribution in [-0.2, 0) is 4.79 Å². The van der Waals surface area contributed by atoms with Crippen molar-refractivity contribution in [3.8, 4) is 0 Å². The Morgan fingerprint density at radius 1 is 1.54 bits per heavy atom. The summed E-state index contributed by atoms with van der Waals surface area (Å²) in [4.78, 5) is 17.3. The number of pyridine rings is 1. The van der Waals surface area contributed by atoms with Crippen LogP contribution in [0.5, 0.6) is 0 Å². The molecular weight excluding hydrogens is 164 g/mol. The highest BCUT2D eigenvalue weighted by atomic mass is 16.2. The summed E-state index contributed by atoms with van der Waals surface area (Å²) < 4.78 is 0. The zero-order valence-electron chi connectivity index (χ0n) is 7.60. The number of likely N-dealkylation sites (tertiary alicyclic amines) is 1. The molecule has 0 N–H and O–H groups in total. The molecule has 3 heteroatoms. The van der Waals surface area contributed by atoms with Gasteiger partial charge in [-0.3, -0.25) is 9.78 Å². The fraction of sp³-hybridized carbons (Fsp3) is 0.400. The summed E-state index contributed by atoms with van der Waals surface area (Å²) >= 11 is 0. The van der Waals surface area contributed by atoms with Crippen molar-refractivity contribution in [3.05, 3.63) is 30.1 Å². The maximum absolute atomic E-state index is 11.3. The van der Waals surface area contributed by atoms with E-state index in [1.807, 2.05) is 25.2 Å². The number of hydrogen-bond donors (Lipinski definition) is 0. The highest BCUT2D eigenvalue weighted by molar-refractivity contribution is 5.78. The number of aromatic nitrogens is 1. The van der Waals surface area contributed by atoms with Crippen LogP contribution >= 0.6 is 0 Å². The first kappa shape index (κ1) is 8.23. The molecular formula is C10H12N2O. The molecule has 1 saturated heterocycles. The second-order valence-corrected chi connectivity index (χ2v) is 3.31. The molecule has 1 aromatic heterocycles. The summed E-state index contributed by atoms with van der Waals surface area (Å²) in [6.45, 7) is 0. The lowest BCUT2D eigenvalue weighted by Crippen LogP contribution is -2.22. The molecule has 1 aliphatic heterocycles. The van der Waals surface area contributed by atoms with Crippen LogP contribution in [0.3, 0.4) is 0 Å². The topological polar surface area (TPSA) is 33.2 Å². The number of nitrogens with zero attached hydrogens (tertiary/aromatic N) is 2. The van der Waals surface area contributed by atoms with Crippen molar-refractivity contribution in [2.75, 3.05) is 7.05 Å². The minimum atomic E-state index is 0.189. The number of rotatable bonds is 1. The molecule has 1 atom stereocenters. The van der Waals surface area contributed by atoms with E-state index in [4.69, 9.17) is 0 Å². The fourth-order valence-electron chi connectivity index (χ4n) is 1.72. The van der Waals surface area contributed by atoms with Gasteiger partial charge in [-0.2, -0.15) is 0 Å². The molecule has 1 aliphatic rings. The van der Waals surface area contributed by atoms with Crippen molar-refractivity contribution in [2.24, 2.45) is 0 Å². The summed E-state index contributed by atoms with van der Waals surface area (Å²) in [6, 6.07) is 6.01. The standard InChI is InChI=1S/C10H12N2O/c1-12-9(5-6-10(12)13)8-4-2-3-7-11-8/h2-4,7,9H,5-6H2,1H3/t9-/m0/s1. The number of carbonyl (C=O) groups excluding carboxylic acids is 1. The van der Waals surface area contributed by atoms with E-state index in [0.29, 0.717) is 6.42 Å². The van der Waals surface area contributed by atoms with Crippen LogP contribution in [0.25, 0.3) is 0 Å². The monoisotopic (exact) mass is 176 g/mol. The quantitative estimate of drug-likeness (QED) is 0.647. The van der Waals surface area contributed by atoms with Gasteiger partial charge in [-0.1, -0.05) is 6.07 Å². The molecule has 0 unspecified atom stereocenters.